The van der Waals surface area contributed by atoms with Gasteiger partial charge in [0.2, 0.25) is 0 Å². The van der Waals surface area contributed by atoms with Crippen molar-refractivity contribution < 1.29 is 14.3 Å². The molecule has 10 heavy (non-hydrogen) atoms. The molecule has 0 atom stereocenters. The minimum absolute atomic E-state index is 0.182. The molecule has 0 aliphatic carbocycles. The third kappa shape index (κ3) is 2.99. The zero-order valence-electron chi connectivity index (χ0n) is 5.72. The lowest BCUT2D eigenvalue weighted by Crippen LogP contribution is -2.20. The molecule has 0 saturated carbocycles. The molecule has 0 aliphatic rings. The molecule has 0 radical (unpaired) electrons. The first kappa shape index (κ1) is 8.84. The van der Waals surface area contributed by atoms with Crippen molar-refractivity contribution in [3.63, 3.8) is 0 Å². The number of rotatable bonds is 2. The quantitative estimate of drug-likeness (QED) is 0.324. The van der Waals surface area contributed by atoms with E-state index in [-0.39, 0.29) is 12.1 Å². The summed E-state index contributed by atoms with van der Waals surface area (Å²) in [6.07, 6.45) is 0. The standard InChI is InChI=1S/C6H9NO3/c1-4(2)6(9)10-5(8)3-7/h1,3,7H2,2H3. The molecule has 0 bridgehead atoms. The van der Waals surface area contributed by atoms with Crippen LogP contribution in [-0.2, 0) is 14.3 Å². The molecule has 0 spiro atoms. The SMILES string of the molecule is C=C(C)C(=O)OC(=O)CN. The van der Waals surface area contributed by atoms with Gasteiger partial charge in [0.1, 0.15) is 0 Å². The van der Waals surface area contributed by atoms with Crippen LogP contribution in [0, 0.1) is 0 Å². The van der Waals surface area contributed by atoms with Crippen molar-refractivity contribution in [2.24, 2.45) is 5.73 Å². The Morgan fingerprint density at radius 3 is 2.40 bits per heavy atom. The van der Waals surface area contributed by atoms with Crippen LogP contribution < -0.4 is 5.73 Å². The third-order valence-electron chi connectivity index (χ3n) is 0.722. The van der Waals surface area contributed by atoms with E-state index in [1.54, 1.807) is 0 Å². The van der Waals surface area contributed by atoms with E-state index >= 15 is 0 Å². The molecule has 4 nitrogen and oxygen atoms in total. The molecule has 56 valence electrons. The fourth-order valence-electron chi connectivity index (χ4n) is 0.232. The second kappa shape index (κ2) is 3.79. The maximum absolute atomic E-state index is 10.5. The Balaban J connectivity index is 3.80. The predicted octanol–water partition coefficient (Wildman–Crippen LogP) is -0.409. The van der Waals surface area contributed by atoms with Gasteiger partial charge in [0, 0.05) is 5.57 Å². The summed E-state index contributed by atoms with van der Waals surface area (Å²) in [4.78, 5) is 20.8. The van der Waals surface area contributed by atoms with Gasteiger partial charge >= 0.3 is 11.9 Å². The van der Waals surface area contributed by atoms with E-state index in [0.29, 0.717) is 0 Å². The van der Waals surface area contributed by atoms with Crippen LogP contribution in [0.3, 0.4) is 0 Å². The Kier molecular flexibility index (Phi) is 3.35. The first-order valence-corrected chi connectivity index (χ1v) is 2.68. The average molecular weight is 143 g/mol. The number of hydrogen-bond acceptors (Lipinski definition) is 4. The number of ether oxygens (including phenoxy) is 1. The van der Waals surface area contributed by atoms with E-state index in [4.69, 9.17) is 5.73 Å². The second-order valence-electron chi connectivity index (χ2n) is 1.75. The normalized spacial score (nSPS) is 8.60. The van der Waals surface area contributed by atoms with E-state index in [2.05, 4.69) is 11.3 Å². The predicted molar refractivity (Wildman–Crippen MR) is 35.0 cm³/mol. The Hall–Kier alpha value is -1.16. The smallest absolute Gasteiger partial charge is 0.340 e. The van der Waals surface area contributed by atoms with Gasteiger partial charge < -0.3 is 10.5 Å². The maximum Gasteiger partial charge on any atom is 0.340 e. The number of carbonyl (C=O) groups is 2. The molecule has 0 aromatic rings. The number of hydrogen-bond donors (Lipinski definition) is 1. The first-order valence-electron chi connectivity index (χ1n) is 2.68. The zero-order chi connectivity index (χ0) is 8.15. The number of carbonyl (C=O) groups excluding carboxylic acids is 2. The van der Waals surface area contributed by atoms with E-state index in [1.165, 1.54) is 6.92 Å². The van der Waals surface area contributed by atoms with Crippen LogP contribution in [0.4, 0.5) is 0 Å². The third-order valence-corrected chi connectivity index (χ3v) is 0.722. The van der Waals surface area contributed by atoms with Gasteiger partial charge in [0.15, 0.2) is 0 Å². The molecule has 0 rings (SSSR count). The minimum Gasteiger partial charge on any atom is -0.389 e. The van der Waals surface area contributed by atoms with Gasteiger partial charge in [-0.05, 0) is 6.92 Å². The number of nitrogens with two attached hydrogens (primary N) is 1. The highest BCUT2D eigenvalue weighted by Crippen LogP contribution is 1.90. The lowest BCUT2D eigenvalue weighted by molar-refractivity contribution is -0.155. The Morgan fingerprint density at radius 2 is 2.10 bits per heavy atom. The highest BCUT2D eigenvalue weighted by atomic mass is 16.6. The van der Waals surface area contributed by atoms with Crippen molar-refractivity contribution >= 4 is 11.9 Å². The molecule has 0 unspecified atom stereocenters. The van der Waals surface area contributed by atoms with Gasteiger partial charge in [-0.1, -0.05) is 6.58 Å². The Bertz CT molecular complexity index is 174. The molecule has 0 aromatic carbocycles. The fraction of sp³-hybridized carbons (Fsp3) is 0.333. The largest absolute Gasteiger partial charge is 0.389 e. The van der Waals surface area contributed by atoms with Gasteiger partial charge in [-0.3, -0.25) is 4.79 Å². The molecule has 4 heteroatoms. The lowest BCUT2D eigenvalue weighted by Gasteiger charge is -1.97. The van der Waals surface area contributed by atoms with E-state index in [9.17, 15) is 9.59 Å². The molecule has 2 N–H and O–H groups in total. The van der Waals surface area contributed by atoms with Crippen LogP contribution in [0.2, 0.25) is 0 Å². The molecule has 0 fully saturated rings. The second-order valence-corrected chi connectivity index (χ2v) is 1.75. The van der Waals surface area contributed by atoms with Gasteiger partial charge in [-0.25, -0.2) is 4.79 Å². The van der Waals surface area contributed by atoms with Crippen molar-refractivity contribution in [1.82, 2.24) is 0 Å². The van der Waals surface area contributed by atoms with E-state index < -0.39 is 11.9 Å². The van der Waals surface area contributed by atoms with Crippen LogP contribution in [0.15, 0.2) is 12.2 Å². The monoisotopic (exact) mass is 143 g/mol. The average Bonchev–Trinajstić information content (AvgIpc) is 1.87. The van der Waals surface area contributed by atoms with Gasteiger partial charge in [-0.15, -0.1) is 0 Å². The van der Waals surface area contributed by atoms with E-state index in [1.807, 2.05) is 0 Å². The van der Waals surface area contributed by atoms with Crippen molar-refractivity contribution in [2.75, 3.05) is 6.54 Å². The number of esters is 2. The maximum atomic E-state index is 10.5. The summed E-state index contributed by atoms with van der Waals surface area (Å²) in [6.45, 7) is 4.43. The van der Waals surface area contributed by atoms with Crippen molar-refractivity contribution in [2.45, 2.75) is 6.92 Å². The van der Waals surface area contributed by atoms with Crippen LogP contribution in [0.25, 0.3) is 0 Å². The van der Waals surface area contributed by atoms with Crippen LogP contribution in [-0.4, -0.2) is 18.5 Å². The Labute approximate surface area is 58.7 Å². The lowest BCUT2D eigenvalue weighted by atomic mass is 10.4. The van der Waals surface area contributed by atoms with Crippen LogP contribution in [0.5, 0.6) is 0 Å². The Morgan fingerprint density at radius 1 is 1.60 bits per heavy atom. The van der Waals surface area contributed by atoms with Gasteiger partial charge in [0.25, 0.3) is 0 Å². The summed E-state index contributed by atoms with van der Waals surface area (Å²) < 4.78 is 4.16. The van der Waals surface area contributed by atoms with Crippen molar-refractivity contribution in [3.05, 3.63) is 12.2 Å². The molecule has 0 aromatic heterocycles. The van der Waals surface area contributed by atoms with Crippen LogP contribution >= 0.6 is 0 Å². The molecular weight excluding hydrogens is 134 g/mol. The minimum atomic E-state index is -0.743. The van der Waals surface area contributed by atoms with Crippen molar-refractivity contribution in [1.29, 1.82) is 0 Å². The summed E-state index contributed by atoms with van der Waals surface area (Å²) in [5.74, 6) is -1.47. The summed E-state index contributed by atoms with van der Waals surface area (Å²) in [5.41, 5.74) is 5.05. The van der Waals surface area contributed by atoms with E-state index in [0.717, 1.165) is 0 Å². The molecule has 0 amide bonds. The summed E-state index contributed by atoms with van der Waals surface area (Å²) in [6, 6.07) is 0. The highest BCUT2D eigenvalue weighted by molar-refractivity contribution is 5.95. The zero-order valence-corrected chi connectivity index (χ0v) is 5.72. The molecular formula is C6H9NO3. The molecule has 0 saturated heterocycles. The first-order chi connectivity index (χ1) is 4.57. The summed E-state index contributed by atoms with van der Waals surface area (Å²) in [7, 11) is 0. The molecule has 0 aliphatic heterocycles. The summed E-state index contributed by atoms with van der Waals surface area (Å²) in [5, 5.41) is 0. The van der Waals surface area contributed by atoms with Gasteiger partial charge in [0.05, 0.1) is 6.54 Å². The molecule has 0 heterocycles. The van der Waals surface area contributed by atoms with Gasteiger partial charge in [-0.2, -0.15) is 0 Å². The topological polar surface area (TPSA) is 69.4 Å². The van der Waals surface area contributed by atoms with Crippen LogP contribution in [0.1, 0.15) is 6.92 Å². The fourth-order valence-corrected chi connectivity index (χ4v) is 0.232. The van der Waals surface area contributed by atoms with Crippen molar-refractivity contribution in [3.8, 4) is 0 Å². The highest BCUT2D eigenvalue weighted by Gasteiger charge is 2.07. The summed E-state index contributed by atoms with van der Waals surface area (Å²) >= 11 is 0.